The number of carbonyl (C=O) groups excluding carboxylic acids is 2. The second kappa shape index (κ2) is 18.7. The number of likely N-dealkylation sites (N-methyl/N-ethyl adjacent to an activating group) is 1. The molecule has 22 nitrogen and oxygen atoms in total. The molecule has 2 aromatic carbocycles. The molecule has 2 aliphatic carbocycles. The molecule has 73 heavy (non-hydrogen) atoms. The molecular weight excluding hydrogens is 961 g/mol. The largest absolute Gasteiger partial charge is 0.507 e. The molecule has 0 saturated carbocycles. The normalized spacial score (nSPS) is 46.3. The fourth-order valence-corrected chi connectivity index (χ4v) is 12.8. The molecule has 22 atom stereocenters. The predicted molar refractivity (Wildman–Crippen MR) is 252 cm³/mol. The maximum Gasteiger partial charge on any atom is 0.228 e. The number of hydrogen-bond donors (Lipinski definition) is 8. The number of rotatable bonds is 10. The van der Waals surface area contributed by atoms with E-state index in [1.54, 1.807) is 52.8 Å². The molecule has 0 spiro atoms. The Hall–Kier alpha value is -3.34. The Morgan fingerprint density at radius 2 is 1.29 bits per heavy atom. The Labute approximate surface area is 423 Å². The Morgan fingerprint density at radius 3 is 1.84 bits per heavy atom. The SMILES string of the molecule is COC1C(OC2OC(C)C(O)C(C)(O)C2OC)c2c(cc3c(c2O)C(=O)c2c(ccc4c2OC2OC4(C)C(OC4CC(C)(N)C(OC5OC(C)C(O)C(C)(O)C5OC)C(C)O4)C(N(C)C)C2O)C3=O)CC1(C)O. The Morgan fingerprint density at radius 1 is 0.712 bits per heavy atom. The van der Waals surface area contributed by atoms with E-state index < -0.39 is 150 Å². The van der Waals surface area contributed by atoms with E-state index in [0.29, 0.717) is 0 Å². The zero-order chi connectivity index (χ0) is 53.6. The first kappa shape index (κ1) is 54.4. The monoisotopic (exact) mass is 1030 g/mol. The van der Waals surface area contributed by atoms with Gasteiger partial charge in [0.15, 0.2) is 24.7 Å². The van der Waals surface area contributed by atoms with Gasteiger partial charge in [-0.1, -0.05) is 6.07 Å². The van der Waals surface area contributed by atoms with Crippen molar-refractivity contribution in [1.82, 2.24) is 4.90 Å². The van der Waals surface area contributed by atoms with Gasteiger partial charge in [-0.05, 0) is 87.2 Å². The average molecular weight is 1030 g/mol. The Balaban J connectivity index is 1.07. The number of aromatic hydroxyl groups is 1. The number of hydrogen-bond acceptors (Lipinski definition) is 22. The summed E-state index contributed by atoms with van der Waals surface area (Å²) in [5, 5.41) is 80.6. The van der Waals surface area contributed by atoms with E-state index in [-0.39, 0.29) is 57.5 Å². The Kier molecular flexibility index (Phi) is 13.9. The number of ether oxygens (including phenoxy) is 11. The van der Waals surface area contributed by atoms with Crippen LogP contribution < -0.4 is 10.5 Å². The lowest BCUT2D eigenvalue weighted by molar-refractivity contribution is -0.370. The summed E-state index contributed by atoms with van der Waals surface area (Å²) in [4.78, 5) is 31.8. The maximum atomic E-state index is 15.3. The van der Waals surface area contributed by atoms with Crippen molar-refractivity contribution in [3.8, 4) is 11.5 Å². The van der Waals surface area contributed by atoms with Gasteiger partial charge in [0.05, 0.1) is 41.1 Å². The number of fused-ring (bicyclic) bond motifs is 8. The minimum Gasteiger partial charge on any atom is -0.507 e. The molecule has 5 heterocycles. The van der Waals surface area contributed by atoms with Crippen LogP contribution in [0.1, 0.15) is 116 Å². The highest BCUT2D eigenvalue weighted by atomic mass is 16.8. The van der Waals surface area contributed by atoms with Crippen LogP contribution in [0.4, 0.5) is 0 Å². The van der Waals surface area contributed by atoms with E-state index in [1.165, 1.54) is 61.2 Å². The first-order valence-corrected chi connectivity index (χ1v) is 24.7. The van der Waals surface area contributed by atoms with Gasteiger partial charge in [0.25, 0.3) is 0 Å². The van der Waals surface area contributed by atoms with Gasteiger partial charge in [0, 0.05) is 62.0 Å². The molecule has 2 aromatic rings. The summed E-state index contributed by atoms with van der Waals surface area (Å²) in [6.45, 7) is 12.7. The molecule has 5 aliphatic heterocycles. The summed E-state index contributed by atoms with van der Waals surface area (Å²) in [6, 6.07) is 3.70. The van der Waals surface area contributed by atoms with Gasteiger partial charge in [0.2, 0.25) is 12.1 Å². The highest BCUT2D eigenvalue weighted by Crippen LogP contribution is 2.55. The molecule has 4 saturated heterocycles. The third-order valence-electron chi connectivity index (χ3n) is 16.6. The van der Waals surface area contributed by atoms with Gasteiger partial charge in [0.1, 0.15) is 83.2 Å². The molecule has 0 aromatic heterocycles. The molecule has 22 unspecified atom stereocenters. The highest BCUT2D eigenvalue weighted by molar-refractivity contribution is 6.30. The van der Waals surface area contributed by atoms with Crippen molar-refractivity contribution in [2.75, 3.05) is 35.4 Å². The van der Waals surface area contributed by atoms with Crippen molar-refractivity contribution in [2.24, 2.45) is 5.73 Å². The lowest BCUT2D eigenvalue weighted by atomic mass is 9.71. The molecule has 22 heteroatoms. The van der Waals surface area contributed by atoms with E-state index >= 15 is 4.79 Å². The Bertz CT molecular complexity index is 2480. The van der Waals surface area contributed by atoms with Gasteiger partial charge in [-0.15, -0.1) is 0 Å². The third-order valence-corrected chi connectivity index (χ3v) is 16.6. The van der Waals surface area contributed by atoms with Crippen molar-refractivity contribution in [1.29, 1.82) is 0 Å². The molecule has 7 aliphatic rings. The number of aliphatic hydroxyl groups is 6. The molecule has 0 radical (unpaired) electrons. The van der Waals surface area contributed by atoms with Gasteiger partial charge >= 0.3 is 0 Å². The average Bonchev–Trinajstić information content (AvgIpc) is 3.28. The molecule has 4 fully saturated rings. The molecule has 9 rings (SSSR count). The van der Waals surface area contributed by atoms with Crippen LogP contribution in [0.3, 0.4) is 0 Å². The number of carbonyl (C=O) groups is 2. The molecule has 9 N–H and O–H groups in total. The molecule has 2 bridgehead atoms. The van der Waals surface area contributed by atoms with Crippen LogP contribution in [0.2, 0.25) is 0 Å². The first-order chi connectivity index (χ1) is 34.0. The summed E-state index contributed by atoms with van der Waals surface area (Å²) in [5.74, 6) is -2.14. The van der Waals surface area contributed by atoms with Crippen LogP contribution >= 0.6 is 0 Å². The standard InChI is InChI=1S/C51H72N2O20/c1-19-37(58)49(6,61)42(64-12)45(67-19)71-36-27-22(17-48(5,60)41(36)63-11)16-24-28(32(27)55)33(56)29-23(31(24)54)14-15-25-35(29)70-44-34(57)30(53(9)10)40(51(25,8)73-44)69-26-18-47(4,52)39(21(3)66-26)72-46-43(65-13)50(7,62)38(59)20(2)68-46/h14-16,19-21,26,30,34,36-46,55,57-62H,17-18,52H2,1-13H3. The highest BCUT2D eigenvalue weighted by Gasteiger charge is 2.63. The summed E-state index contributed by atoms with van der Waals surface area (Å²) >= 11 is 0. The first-order valence-electron chi connectivity index (χ1n) is 24.7. The van der Waals surface area contributed by atoms with Crippen molar-refractivity contribution in [3.63, 3.8) is 0 Å². The van der Waals surface area contributed by atoms with Gasteiger partial charge in [-0.2, -0.15) is 0 Å². The van der Waals surface area contributed by atoms with Crippen molar-refractivity contribution in [3.05, 3.63) is 57.1 Å². The topological polar surface area (TPSA) is 307 Å². The third kappa shape index (κ3) is 8.39. The zero-order valence-electron chi connectivity index (χ0n) is 43.4. The van der Waals surface area contributed by atoms with Crippen LogP contribution in [0.25, 0.3) is 0 Å². The lowest BCUT2D eigenvalue weighted by Gasteiger charge is -2.56. The number of nitrogens with two attached hydrogens (primary N) is 1. The van der Waals surface area contributed by atoms with Crippen molar-refractivity contribution in [2.45, 2.75) is 201 Å². The van der Waals surface area contributed by atoms with E-state index in [1.807, 2.05) is 0 Å². The number of ketones is 2. The maximum absolute atomic E-state index is 15.3. The van der Waals surface area contributed by atoms with E-state index in [9.17, 15) is 40.5 Å². The van der Waals surface area contributed by atoms with Gasteiger partial charge < -0.3 is 98.5 Å². The fraction of sp³-hybridized carbons (Fsp3) is 0.725. The van der Waals surface area contributed by atoms with Gasteiger partial charge in [-0.25, -0.2) is 0 Å². The number of benzene rings is 2. The molecular formula is C51H72N2O20. The van der Waals surface area contributed by atoms with E-state index in [4.69, 9.17) is 57.8 Å². The summed E-state index contributed by atoms with van der Waals surface area (Å²) in [7, 11) is 7.51. The van der Waals surface area contributed by atoms with Crippen LogP contribution in [-0.2, 0) is 59.4 Å². The smallest absolute Gasteiger partial charge is 0.228 e. The number of aliphatic hydroxyl groups excluding tert-OH is 3. The summed E-state index contributed by atoms with van der Waals surface area (Å²) < 4.78 is 68.3. The van der Waals surface area contributed by atoms with Gasteiger partial charge in [-0.3, -0.25) is 9.59 Å². The van der Waals surface area contributed by atoms with Crippen LogP contribution in [0.5, 0.6) is 11.5 Å². The van der Waals surface area contributed by atoms with Crippen molar-refractivity contribution >= 4 is 11.6 Å². The minimum absolute atomic E-state index is 0.0143. The minimum atomic E-state index is -1.88. The van der Waals surface area contributed by atoms with E-state index in [0.717, 1.165) is 0 Å². The lowest BCUT2D eigenvalue weighted by Crippen LogP contribution is -2.71. The summed E-state index contributed by atoms with van der Waals surface area (Å²) in [6.07, 6.45) is -18.6. The number of phenols is 1. The second-order valence-corrected chi connectivity index (χ2v) is 22.3. The van der Waals surface area contributed by atoms with E-state index in [2.05, 4.69) is 0 Å². The summed E-state index contributed by atoms with van der Waals surface area (Å²) in [5.41, 5.74) is -1.14. The number of nitrogens with zero attached hydrogens (tertiary/aromatic N) is 1. The van der Waals surface area contributed by atoms with Crippen molar-refractivity contribution < 1.29 is 97.4 Å². The van der Waals surface area contributed by atoms with Crippen LogP contribution in [-0.4, -0.2) is 208 Å². The number of methoxy groups -OCH3 is 3. The number of phenolic OH excluding ortho intramolecular Hbond substituents is 1. The molecule has 0 amide bonds. The second-order valence-electron chi connectivity index (χ2n) is 22.3. The van der Waals surface area contributed by atoms with Crippen LogP contribution in [0, 0.1) is 0 Å². The fourth-order valence-electron chi connectivity index (χ4n) is 12.8. The van der Waals surface area contributed by atoms with Crippen LogP contribution in [0.15, 0.2) is 18.2 Å². The zero-order valence-corrected chi connectivity index (χ0v) is 43.4. The quantitative estimate of drug-likeness (QED) is 0.134. The predicted octanol–water partition coefficient (Wildman–Crippen LogP) is 0.169. The molecule has 406 valence electrons.